The summed E-state index contributed by atoms with van der Waals surface area (Å²) in [6.07, 6.45) is 8.12. The Morgan fingerprint density at radius 2 is 2.21 bits per heavy atom. The van der Waals surface area contributed by atoms with E-state index in [1.54, 1.807) is 0 Å². The van der Waals surface area contributed by atoms with Gasteiger partial charge in [-0.25, -0.2) is 0 Å². The van der Waals surface area contributed by atoms with Crippen molar-refractivity contribution in [3.8, 4) is 0 Å². The van der Waals surface area contributed by atoms with Gasteiger partial charge in [-0.3, -0.25) is 4.90 Å². The van der Waals surface area contributed by atoms with Gasteiger partial charge in [0.05, 0.1) is 0 Å². The first kappa shape index (κ1) is 13.6. The van der Waals surface area contributed by atoms with Crippen molar-refractivity contribution in [2.24, 2.45) is 0 Å². The van der Waals surface area contributed by atoms with E-state index >= 15 is 0 Å². The maximum Gasteiger partial charge on any atom is 0.0308 e. The number of thiophene rings is 1. The highest BCUT2D eigenvalue weighted by atomic mass is 32.1. The molecule has 0 bridgehead atoms. The van der Waals surface area contributed by atoms with Crippen LogP contribution in [0.5, 0.6) is 0 Å². The first-order valence-corrected chi connectivity index (χ1v) is 8.67. The third-order valence-electron chi connectivity index (χ3n) is 4.89. The van der Waals surface area contributed by atoms with Gasteiger partial charge in [0.2, 0.25) is 0 Å². The zero-order chi connectivity index (χ0) is 13.1. The minimum Gasteiger partial charge on any atom is -0.310 e. The van der Waals surface area contributed by atoms with Crippen molar-refractivity contribution < 1.29 is 0 Å². The molecule has 19 heavy (non-hydrogen) atoms. The molecular weight excluding hydrogens is 252 g/mol. The standard InChI is InChI=1S/C16H26N2S/c1-14(12-15-6-4-11-19-15)18-10-5-9-17-16(13-18)7-2-3-8-16/h4,6,11,14,17H,2-3,5,7-10,12-13H2,1H3. The summed E-state index contributed by atoms with van der Waals surface area (Å²) in [6.45, 7) is 6.15. The summed E-state index contributed by atoms with van der Waals surface area (Å²) < 4.78 is 0. The van der Waals surface area contributed by atoms with Gasteiger partial charge in [-0.15, -0.1) is 11.3 Å². The van der Waals surface area contributed by atoms with Crippen LogP contribution in [0.2, 0.25) is 0 Å². The Hall–Kier alpha value is -0.380. The molecule has 3 rings (SSSR count). The lowest BCUT2D eigenvalue weighted by atomic mass is 9.96. The summed E-state index contributed by atoms with van der Waals surface area (Å²) in [4.78, 5) is 4.27. The van der Waals surface area contributed by atoms with Crippen LogP contribution >= 0.6 is 11.3 Å². The van der Waals surface area contributed by atoms with Crippen molar-refractivity contribution >= 4 is 11.3 Å². The molecule has 1 aromatic heterocycles. The molecule has 0 amide bonds. The van der Waals surface area contributed by atoms with Crippen LogP contribution in [0, 0.1) is 0 Å². The molecule has 1 aromatic rings. The first-order valence-electron chi connectivity index (χ1n) is 7.79. The minimum atomic E-state index is 0.445. The number of nitrogens with one attached hydrogen (secondary N) is 1. The van der Waals surface area contributed by atoms with Crippen LogP contribution in [-0.4, -0.2) is 36.1 Å². The van der Waals surface area contributed by atoms with Gasteiger partial charge in [-0.05, 0) is 57.1 Å². The van der Waals surface area contributed by atoms with Crippen molar-refractivity contribution in [1.82, 2.24) is 10.2 Å². The van der Waals surface area contributed by atoms with Crippen LogP contribution < -0.4 is 5.32 Å². The third-order valence-corrected chi connectivity index (χ3v) is 5.79. The van der Waals surface area contributed by atoms with E-state index in [2.05, 4.69) is 34.7 Å². The molecule has 1 aliphatic carbocycles. The molecule has 106 valence electrons. The SMILES string of the molecule is CC(Cc1cccs1)N1CCCNC2(CCCC2)C1. The molecule has 1 spiro atoms. The van der Waals surface area contributed by atoms with Gasteiger partial charge in [0.1, 0.15) is 0 Å². The molecule has 1 N–H and O–H groups in total. The summed E-state index contributed by atoms with van der Waals surface area (Å²) in [5, 5.41) is 6.06. The van der Waals surface area contributed by atoms with E-state index in [0.29, 0.717) is 11.6 Å². The maximum atomic E-state index is 3.86. The summed E-state index contributed by atoms with van der Waals surface area (Å²) in [6, 6.07) is 5.13. The Kier molecular flexibility index (Phi) is 4.25. The molecule has 1 saturated carbocycles. The molecular formula is C16H26N2S. The highest BCUT2D eigenvalue weighted by molar-refractivity contribution is 7.09. The van der Waals surface area contributed by atoms with E-state index in [1.807, 2.05) is 11.3 Å². The van der Waals surface area contributed by atoms with Crippen molar-refractivity contribution in [2.75, 3.05) is 19.6 Å². The largest absolute Gasteiger partial charge is 0.310 e. The topological polar surface area (TPSA) is 15.3 Å². The molecule has 2 aliphatic rings. The van der Waals surface area contributed by atoms with Crippen molar-refractivity contribution in [3.63, 3.8) is 0 Å². The molecule has 1 aliphatic heterocycles. The van der Waals surface area contributed by atoms with Crippen molar-refractivity contribution in [1.29, 1.82) is 0 Å². The summed E-state index contributed by atoms with van der Waals surface area (Å²) in [7, 11) is 0. The predicted octanol–water partition coefficient (Wildman–Crippen LogP) is 3.29. The monoisotopic (exact) mass is 278 g/mol. The number of hydrogen-bond donors (Lipinski definition) is 1. The molecule has 3 heteroatoms. The number of nitrogens with zero attached hydrogens (tertiary/aromatic N) is 1. The minimum absolute atomic E-state index is 0.445. The maximum absolute atomic E-state index is 3.86. The van der Waals surface area contributed by atoms with E-state index in [0.717, 1.165) is 0 Å². The average molecular weight is 278 g/mol. The van der Waals surface area contributed by atoms with Crippen LogP contribution in [0.25, 0.3) is 0 Å². The summed E-state index contributed by atoms with van der Waals surface area (Å²) in [5.74, 6) is 0. The van der Waals surface area contributed by atoms with Gasteiger partial charge in [-0.2, -0.15) is 0 Å². The normalized spacial score (nSPS) is 25.5. The van der Waals surface area contributed by atoms with E-state index in [4.69, 9.17) is 0 Å². The fourth-order valence-corrected chi connectivity index (χ4v) is 4.60. The molecule has 1 unspecified atom stereocenters. The second-order valence-electron chi connectivity index (χ2n) is 6.37. The number of rotatable bonds is 3. The summed E-state index contributed by atoms with van der Waals surface area (Å²) in [5.41, 5.74) is 0.445. The fraction of sp³-hybridized carbons (Fsp3) is 0.750. The molecule has 2 fully saturated rings. The lowest BCUT2D eigenvalue weighted by Crippen LogP contribution is -2.51. The van der Waals surface area contributed by atoms with Crippen LogP contribution in [-0.2, 0) is 6.42 Å². The van der Waals surface area contributed by atoms with Crippen molar-refractivity contribution in [2.45, 2.75) is 57.0 Å². The molecule has 1 atom stereocenters. The van der Waals surface area contributed by atoms with Gasteiger partial charge >= 0.3 is 0 Å². The second-order valence-corrected chi connectivity index (χ2v) is 7.40. The van der Waals surface area contributed by atoms with Gasteiger partial charge in [0.15, 0.2) is 0 Å². The lowest BCUT2D eigenvalue weighted by Gasteiger charge is -2.36. The Balaban J connectivity index is 1.65. The Labute approximate surface area is 121 Å². The predicted molar refractivity (Wildman–Crippen MR) is 82.9 cm³/mol. The highest BCUT2D eigenvalue weighted by Crippen LogP contribution is 2.32. The van der Waals surface area contributed by atoms with Crippen LogP contribution in [0.15, 0.2) is 17.5 Å². The quantitative estimate of drug-likeness (QED) is 0.913. The molecule has 2 heterocycles. The van der Waals surface area contributed by atoms with E-state index in [1.165, 1.54) is 63.0 Å². The van der Waals surface area contributed by atoms with Crippen LogP contribution in [0.4, 0.5) is 0 Å². The van der Waals surface area contributed by atoms with E-state index < -0.39 is 0 Å². The molecule has 0 aromatic carbocycles. The van der Waals surface area contributed by atoms with E-state index in [9.17, 15) is 0 Å². The first-order chi connectivity index (χ1) is 9.27. The molecule has 1 saturated heterocycles. The van der Waals surface area contributed by atoms with Gasteiger partial charge in [0, 0.05) is 23.0 Å². The van der Waals surface area contributed by atoms with Crippen LogP contribution in [0.3, 0.4) is 0 Å². The zero-order valence-electron chi connectivity index (χ0n) is 12.0. The van der Waals surface area contributed by atoms with Crippen molar-refractivity contribution in [3.05, 3.63) is 22.4 Å². The fourth-order valence-electron chi connectivity index (χ4n) is 3.77. The van der Waals surface area contributed by atoms with E-state index in [-0.39, 0.29) is 0 Å². The Morgan fingerprint density at radius 1 is 1.37 bits per heavy atom. The number of hydrogen-bond acceptors (Lipinski definition) is 3. The summed E-state index contributed by atoms with van der Waals surface area (Å²) >= 11 is 1.90. The third kappa shape index (κ3) is 3.21. The molecule has 2 nitrogen and oxygen atoms in total. The lowest BCUT2D eigenvalue weighted by molar-refractivity contribution is 0.165. The Morgan fingerprint density at radius 3 is 2.95 bits per heavy atom. The highest BCUT2D eigenvalue weighted by Gasteiger charge is 2.37. The Bertz CT molecular complexity index is 381. The smallest absolute Gasteiger partial charge is 0.0308 e. The van der Waals surface area contributed by atoms with Gasteiger partial charge < -0.3 is 5.32 Å². The van der Waals surface area contributed by atoms with Gasteiger partial charge in [0.25, 0.3) is 0 Å². The van der Waals surface area contributed by atoms with Gasteiger partial charge in [-0.1, -0.05) is 18.9 Å². The van der Waals surface area contributed by atoms with Crippen LogP contribution in [0.1, 0.15) is 43.9 Å². The average Bonchev–Trinajstić information content (AvgIpc) is 3.00. The zero-order valence-corrected chi connectivity index (χ0v) is 12.8. The second kappa shape index (κ2) is 5.94. The molecule has 0 radical (unpaired) electrons.